The van der Waals surface area contributed by atoms with Gasteiger partial charge in [-0.2, -0.15) is 0 Å². The first-order chi connectivity index (χ1) is 8.07. The molecular weight excluding hydrogens is 228 g/mol. The molecule has 2 nitrogen and oxygen atoms in total. The SMILES string of the molecule is C=Cc1cccc(OCCCC(C)(C)O[Si])c1. The Morgan fingerprint density at radius 2 is 2.18 bits per heavy atom. The minimum Gasteiger partial charge on any atom is -0.494 e. The predicted octanol–water partition coefficient (Wildman–Crippen LogP) is 3.37. The van der Waals surface area contributed by atoms with Crippen LogP contribution in [0.2, 0.25) is 0 Å². The van der Waals surface area contributed by atoms with Crippen LogP contribution in [0.4, 0.5) is 0 Å². The van der Waals surface area contributed by atoms with Gasteiger partial charge in [0.25, 0.3) is 0 Å². The summed E-state index contributed by atoms with van der Waals surface area (Å²) >= 11 is 0. The monoisotopic (exact) mass is 247 g/mol. The molecule has 0 spiro atoms. The van der Waals surface area contributed by atoms with Crippen molar-refractivity contribution in [1.29, 1.82) is 0 Å². The van der Waals surface area contributed by atoms with E-state index in [0.29, 0.717) is 6.61 Å². The number of ether oxygens (including phenoxy) is 1. The van der Waals surface area contributed by atoms with Crippen LogP contribution in [0.5, 0.6) is 5.75 Å². The van der Waals surface area contributed by atoms with Crippen molar-refractivity contribution in [3.8, 4) is 5.75 Å². The van der Waals surface area contributed by atoms with E-state index in [1.807, 2.05) is 44.2 Å². The molecule has 0 N–H and O–H groups in total. The summed E-state index contributed by atoms with van der Waals surface area (Å²) in [4.78, 5) is 0. The van der Waals surface area contributed by atoms with Crippen molar-refractivity contribution >= 4 is 16.6 Å². The van der Waals surface area contributed by atoms with Crippen LogP contribution in [0, 0.1) is 0 Å². The first-order valence-electron chi connectivity index (χ1n) is 5.77. The van der Waals surface area contributed by atoms with Crippen molar-refractivity contribution < 1.29 is 9.16 Å². The Bertz CT molecular complexity index is 361. The van der Waals surface area contributed by atoms with Gasteiger partial charge in [-0.15, -0.1) is 0 Å². The van der Waals surface area contributed by atoms with Crippen LogP contribution in [0.15, 0.2) is 30.8 Å². The molecule has 17 heavy (non-hydrogen) atoms. The first-order valence-corrected chi connectivity index (χ1v) is 6.18. The van der Waals surface area contributed by atoms with Crippen LogP contribution >= 0.6 is 0 Å². The number of benzene rings is 1. The van der Waals surface area contributed by atoms with Crippen molar-refractivity contribution in [2.24, 2.45) is 0 Å². The maximum absolute atomic E-state index is 5.67. The van der Waals surface area contributed by atoms with Crippen LogP contribution in [-0.2, 0) is 4.43 Å². The summed E-state index contributed by atoms with van der Waals surface area (Å²) < 4.78 is 10.8. The second-order valence-corrected chi connectivity index (χ2v) is 4.79. The molecule has 0 heterocycles. The molecular formula is C14H19O2Si. The minimum atomic E-state index is -0.150. The summed E-state index contributed by atoms with van der Waals surface area (Å²) in [6.45, 7) is 8.51. The van der Waals surface area contributed by atoms with E-state index >= 15 is 0 Å². The molecule has 3 heteroatoms. The molecule has 0 bridgehead atoms. The Morgan fingerprint density at radius 3 is 2.82 bits per heavy atom. The molecule has 0 fully saturated rings. The molecule has 0 unspecified atom stereocenters. The maximum atomic E-state index is 5.67. The molecule has 1 rings (SSSR count). The van der Waals surface area contributed by atoms with Gasteiger partial charge in [0.15, 0.2) is 0 Å². The van der Waals surface area contributed by atoms with Gasteiger partial charge in [-0.3, -0.25) is 0 Å². The Kier molecular flexibility index (Phi) is 5.45. The molecule has 0 aliphatic carbocycles. The highest BCUT2D eigenvalue weighted by molar-refractivity contribution is 5.98. The van der Waals surface area contributed by atoms with E-state index in [1.54, 1.807) is 0 Å². The molecule has 0 saturated heterocycles. The highest BCUT2D eigenvalue weighted by Crippen LogP contribution is 2.17. The van der Waals surface area contributed by atoms with Crippen molar-refractivity contribution in [2.75, 3.05) is 6.61 Å². The minimum absolute atomic E-state index is 0.150. The second kappa shape index (κ2) is 6.62. The zero-order valence-corrected chi connectivity index (χ0v) is 11.5. The zero-order chi connectivity index (χ0) is 12.7. The molecule has 0 aliphatic heterocycles. The van der Waals surface area contributed by atoms with E-state index < -0.39 is 0 Å². The Labute approximate surface area is 107 Å². The maximum Gasteiger partial charge on any atom is 0.246 e. The molecule has 0 aromatic heterocycles. The molecule has 0 amide bonds. The van der Waals surface area contributed by atoms with Gasteiger partial charge >= 0.3 is 0 Å². The summed E-state index contributed by atoms with van der Waals surface area (Å²) in [7, 11) is 3.08. The summed E-state index contributed by atoms with van der Waals surface area (Å²) in [5.41, 5.74) is 0.926. The Hall–Kier alpha value is -1.06. The molecule has 3 radical (unpaired) electrons. The van der Waals surface area contributed by atoms with Gasteiger partial charge in [0.05, 0.1) is 12.2 Å². The second-order valence-electron chi connectivity index (χ2n) is 4.59. The van der Waals surface area contributed by atoms with E-state index in [0.717, 1.165) is 24.2 Å². The van der Waals surface area contributed by atoms with Crippen molar-refractivity contribution in [2.45, 2.75) is 32.3 Å². The lowest BCUT2D eigenvalue weighted by molar-refractivity contribution is 0.103. The van der Waals surface area contributed by atoms with Crippen molar-refractivity contribution in [3.63, 3.8) is 0 Å². The molecule has 91 valence electrons. The Morgan fingerprint density at radius 1 is 1.41 bits per heavy atom. The van der Waals surface area contributed by atoms with Crippen LogP contribution in [-0.4, -0.2) is 22.7 Å². The van der Waals surface area contributed by atoms with Gasteiger partial charge in [0.2, 0.25) is 10.5 Å². The van der Waals surface area contributed by atoms with E-state index in [2.05, 4.69) is 17.1 Å². The highest BCUT2D eigenvalue weighted by Gasteiger charge is 2.14. The Balaban J connectivity index is 2.33. The number of hydrogen-bond donors (Lipinski definition) is 0. The van der Waals surface area contributed by atoms with E-state index in [4.69, 9.17) is 9.16 Å². The van der Waals surface area contributed by atoms with Gasteiger partial charge in [-0.05, 0) is 44.4 Å². The van der Waals surface area contributed by atoms with E-state index in [-0.39, 0.29) is 5.60 Å². The topological polar surface area (TPSA) is 18.5 Å². The van der Waals surface area contributed by atoms with Crippen molar-refractivity contribution in [1.82, 2.24) is 0 Å². The lowest BCUT2D eigenvalue weighted by Gasteiger charge is -2.22. The fraction of sp³-hybridized carbons (Fsp3) is 0.429. The van der Waals surface area contributed by atoms with Gasteiger partial charge in [-0.25, -0.2) is 0 Å². The van der Waals surface area contributed by atoms with Crippen LogP contribution < -0.4 is 4.74 Å². The number of hydrogen-bond acceptors (Lipinski definition) is 2. The first kappa shape index (κ1) is 14.0. The van der Waals surface area contributed by atoms with Gasteiger partial charge in [0, 0.05) is 0 Å². The average Bonchev–Trinajstić information content (AvgIpc) is 2.35. The quantitative estimate of drug-likeness (QED) is 0.543. The third-order valence-electron chi connectivity index (χ3n) is 2.56. The van der Waals surface area contributed by atoms with Crippen LogP contribution in [0.1, 0.15) is 32.3 Å². The lowest BCUT2D eigenvalue weighted by Crippen LogP contribution is -2.23. The fourth-order valence-electron chi connectivity index (χ4n) is 1.47. The van der Waals surface area contributed by atoms with E-state index in [1.165, 1.54) is 0 Å². The fourth-order valence-corrected chi connectivity index (χ4v) is 1.57. The van der Waals surface area contributed by atoms with E-state index in [9.17, 15) is 0 Å². The molecule has 1 aromatic carbocycles. The zero-order valence-electron chi connectivity index (χ0n) is 10.5. The summed E-state index contributed by atoms with van der Waals surface area (Å²) in [5, 5.41) is 0. The molecule has 0 atom stereocenters. The number of rotatable bonds is 7. The molecule has 0 saturated carbocycles. The third-order valence-corrected chi connectivity index (χ3v) is 3.11. The summed E-state index contributed by atoms with van der Waals surface area (Å²) in [5.74, 6) is 0.888. The van der Waals surface area contributed by atoms with Crippen LogP contribution in [0.25, 0.3) is 6.08 Å². The van der Waals surface area contributed by atoms with Gasteiger partial charge in [-0.1, -0.05) is 24.8 Å². The largest absolute Gasteiger partial charge is 0.494 e. The van der Waals surface area contributed by atoms with Gasteiger partial charge < -0.3 is 9.16 Å². The standard InChI is InChI=1S/C14H19O2Si/c1-4-12-7-5-8-13(11-12)15-10-6-9-14(2,3)16-17/h4-5,7-8,11H,1,6,9-10H2,2-3H3. The smallest absolute Gasteiger partial charge is 0.246 e. The third kappa shape index (κ3) is 5.19. The lowest BCUT2D eigenvalue weighted by atomic mass is 10.0. The van der Waals surface area contributed by atoms with Crippen LogP contribution in [0.3, 0.4) is 0 Å². The van der Waals surface area contributed by atoms with Gasteiger partial charge in [0.1, 0.15) is 5.75 Å². The summed E-state index contributed by atoms with van der Waals surface area (Å²) in [6, 6.07) is 7.91. The average molecular weight is 247 g/mol. The predicted molar refractivity (Wildman–Crippen MR) is 72.2 cm³/mol. The van der Waals surface area contributed by atoms with Crippen molar-refractivity contribution in [3.05, 3.63) is 36.4 Å². The summed E-state index contributed by atoms with van der Waals surface area (Å²) in [6.07, 6.45) is 3.71. The molecule has 0 aliphatic rings. The molecule has 1 aromatic rings. The highest BCUT2D eigenvalue weighted by atomic mass is 28.2. The normalized spacial score (nSPS) is 11.2.